The van der Waals surface area contributed by atoms with Crippen molar-refractivity contribution in [3.8, 4) is 0 Å². The van der Waals surface area contributed by atoms with Crippen LogP contribution in [0, 0.1) is 23.3 Å². The highest BCUT2D eigenvalue weighted by Gasteiger charge is 2.23. The minimum Gasteiger partial charge on any atom is -0.462 e. The van der Waals surface area contributed by atoms with Gasteiger partial charge in [0.1, 0.15) is 11.4 Å². The molecular weight excluding hydrogens is 366 g/mol. The number of aromatic nitrogens is 1. The van der Waals surface area contributed by atoms with Crippen molar-refractivity contribution in [2.75, 3.05) is 6.61 Å². The third-order valence-corrected chi connectivity index (χ3v) is 3.94. The molecule has 1 heterocycles. The summed E-state index contributed by atoms with van der Waals surface area (Å²) in [5, 5.41) is -0.520. The monoisotopic (exact) mass is 379 g/mol. The highest BCUT2D eigenvalue weighted by Crippen LogP contribution is 2.23. The summed E-state index contributed by atoms with van der Waals surface area (Å²) in [5.74, 6) is -6.42. The first-order chi connectivity index (χ1) is 12.8. The second-order valence-corrected chi connectivity index (χ2v) is 5.73. The Morgan fingerprint density at radius 1 is 1.11 bits per heavy atom. The van der Waals surface area contributed by atoms with Gasteiger partial charge in [0.25, 0.3) is 0 Å². The van der Waals surface area contributed by atoms with Crippen molar-refractivity contribution < 1.29 is 27.1 Å². The van der Waals surface area contributed by atoms with Crippen molar-refractivity contribution in [3.63, 3.8) is 0 Å². The fourth-order valence-corrected chi connectivity index (χ4v) is 2.77. The molecule has 0 N–H and O–H groups in total. The molecule has 140 valence electrons. The predicted octanol–water partition coefficient (Wildman–Crippen LogP) is 3.78. The lowest BCUT2D eigenvalue weighted by Gasteiger charge is -2.14. The number of halogens is 4. The Bertz CT molecular complexity index is 1110. The maximum atomic E-state index is 14.4. The van der Waals surface area contributed by atoms with Crippen LogP contribution in [-0.4, -0.2) is 17.1 Å². The lowest BCUT2D eigenvalue weighted by molar-refractivity contribution is 0.0524. The van der Waals surface area contributed by atoms with Gasteiger partial charge in [0, 0.05) is 12.7 Å². The van der Waals surface area contributed by atoms with E-state index in [9.17, 15) is 27.2 Å². The summed E-state index contributed by atoms with van der Waals surface area (Å²) in [5.41, 5.74) is -1.63. The van der Waals surface area contributed by atoms with Gasteiger partial charge in [-0.15, -0.1) is 0 Å². The number of ether oxygens (including phenoxy) is 1. The molecular formula is C19H13F4NO3. The van der Waals surface area contributed by atoms with E-state index < -0.39 is 51.1 Å². The number of hydrogen-bond donors (Lipinski definition) is 0. The molecule has 0 aliphatic heterocycles. The lowest BCUT2D eigenvalue weighted by Crippen LogP contribution is -2.22. The summed E-state index contributed by atoms with van der Waals surface area (Å²) in [6, 6.07) is 5.83. The normalized spacial score (nSPS) is 11.0. The molecule has 27 heavy (non-hydrogen) atoms. The van der Waals surface area contributed by atoms with Crippen LogP contribution < -0.4 is 5.43 Å². The van der Waals surface area contributed by atoms with E-state index in [-0.39, 0.29) is 13.2 Å². The van der Waals surface area contributed by atoms with E-state index in [0.717, 1.165) is 16.8 Å². The minimum atomic E-state index is -1.75. The molecule has 0 fully saturated rings. The largest absolute Gasteiger partial charge is 0.462 e. The van der Waals surface area contributed by atoms with Crippen LogP contribution in [0.2, 0.25) is 0 Å². The van der Waals surface area contributed by atoms with Gasteiger partial charge >= 0.3 is 5.97 Å². The van der Waals surface area contributed by atoms with Crippen LogP contribution in [-0.2, 0) is 11.3 Å². The van der Waals surface area contributed by atoms with Gasteiger partial charge in [0.15, 0.2) is 17.5 Å². The van der Waals surface area contributed by atoms with Gasteiger partial charge in [-0.05, 0) is 30.7 Å². The number of rotatable bonds is 4. The second-order valence-electron chi connectivity index (χ2n) is 5.73. The molecule has 4 nitrogen and oxygen atoms in total. The van der Waals surface area contributed by atoms with Gasteiger partial charge in [-0.3, -0.25) is 4.79 Å². The Morgan fingerprint density at radius 2 is 1.85 bits per heavy atom. The van der Waals surface area contributed by atoms with Gasteiger partial charge in [0.2, 0.25) is 5.43 Å². The summed E-state index contributed by atoms with van der Waals surface area (Å²) < 4.78 is 61.1. The summed E-state index contributed by atoms with van der Waals surface area (Å²) in [6.45, 7) is 1.31. The summed E-state index contributed by atoms with van der Waals surface area (Å²) in [4.78, 5) is 24.5. The molecule has 0 unspecified atom stereocenters. The topological polar surface area (TPSA) is 48.3 Å². The van der Waals surface area contributed by atoms with Crippen LogP contribution in [0.15, 0.2) is 41.3 Å². The van der Waals surface area contributed by atoms with Crippen LogP contribution in [0.1, 0.15) is 22.8 Å². The molecule has 0 bridgehead atoms. The van der Waals surface area contributed by atoms with Crippen molar-refractivity contribution in [3.05, 3.63) is 81.1 Å². The maximum absolute atomic E-state index is 14.4. The average Bonchev–Trinajstić information content (AvgIpc) is 2.62. The van der Waals surface area contributed by atoms with Gasteiger partial charge in [0.05, 0.1) is 17.5 Å². The zero-order valence-corrected chi connectivity index (χ0v) is 14.1. The Balaban J connectivity index is 2.32. The van der Waals surface area contributed by atoms with E-state index in [0.29, 0.717) is 11.6 Å². The highest BCUT2D eigenvalue weighted by molar-refractivity contribution is 5.94. The number of carbonyl (C=O) groups is 1. The van der Waals surface area contributed by atoms with Crippen molar-refractivity contribution in [1.82, 2.24) is 4.57 Å². The first kappa shape index (κ1) is 18.6. The molecule has 0 aliphatic carbocycles. The van der Waals surface area contributed by atoms with E-state index in [1.807, 2.05) is 0 Å². The molecule has 0 atom stereocenters. The third kappa shape index (κ3) is 3.42. The van der Waals surface area contributed by atoms with Gasteiger partial charge in [-0.2, -0.15) is 0 Å². The number of nitrogens with zero attached hydrogens (tertiary/aromatic N) is 1. The van der Waals surface area contributed by atoms with E-state index in [1.165, 1.54) is 25.1 Å². The van der Waals surface area contributed by atoms with Crippen LogP contribution in [0.5, 0.6) is 0 Å². The minimum absolute atomic E-state index is 0.0215. The Kier molecular flexibility index (Phi) is 4.98. The standard InChI is InChI=1S/C19H13F4NO3/c1-2-27-19(26)13-9-24(8-10-4-3-5-11(20)6-10)17-12(18(13)25)7-14(21)15(22)16(17)23/h3-7,9H,2,8H2,1H3. The number of hydrogen-bond acceptors (Lipinski definition) is 3. The molecule has 0 amide bonds. The molecule has 0 aliphatic rings. The lowest BCUT2D eigenvalue weighted by atomic mass is 10.1. The van der Waals surface area contributed by atoms with Crippen LogP contribution >= 0.6 is 0 Å². The molecule has 3 aromatic rings. The SMILES string of the molecule is CCOC(=O)c1cn(Cc2cccc(F)c2)c2c(F)c(F)c(F)cc2c1=O. The first-order valence-corrected chi connectivity index (χ1v) is 7.95. The van der Waals surface area contributed by atoms with Crippen molar-refractivity contribution in [2.24, 2.45) is 0 Å². The summed E-state index contributed by atoms with van der Waals surface area (Å²) >= 11 is 0. The highest BCUT2D eigenvalue weighted by atomic mass is 19.2. The predicted molar refractivity (Wildman–Crippen MR) is 89.5 cm³/mol. The zero-order valence-electron chi connectivity index (χ0n) is 14.1. The van der Waals surface area contributed by atoms with Gasteiger partial charge < -0.3 is 9.30 Å². The molecule has 0 saturated heterocycles. The second kappa shape index (κ2) is 7.22. The fraction of sp³-hybridized carbons (Fsp3) is 0.158. The number of fused-ring (bicyclic) bond motifs is 1. The van der Waals surface area contributed by atoms with Crippen LogP contribution in [0.25, 0.3) is 10.9 Å². The Hall–Kier alpha value is -3.16. The van der Waals surface area contributed by atoms with E-state index in [4.69, 9.17) is 4.74 Å². The van der Waals surface area contributed by atoms with E-state index in [1.54, 1.807) is 0 Å². The Labute approximate surface area is 150 Å². The molecule has 0 saturated carbocycles. The van der Waals surface area contributed by atoms with E-state index in [2.05, 4.69) is 0 Å². The number of esters is 1. The molecule has 0 radical (unpaired) electrons. The van der Waals surface area contributed by atoms with Crippen LogP contribution in [0.3, 0.4) is 0 Å². The van der Waals surface area contributed by atoms with E-state index >= 15 is 0 Å². The molecule has 3 rings (SSSR count). The smallest absolute Gasteiger partial charge is 0.343 e. The number of carbonyl (C=O) groups excluding carboxylic acids is 1. The van der Waals surface area contributed by atoms with Crippen molar-refractivity contribution >= 4 is 16.9 Å². The van der Waals surface area contributed by atoms with Crippen molar-refractivity contribution in [2.45, 2.75) is 13.5 Å². The van der Waals surface area contributed by atoms with Gasteiger partial charge in [-0.25, -0.2) is 22.4 Å². The van der Waals surface area contributed by atoms with Crippen LogP contribution in [0.4, 0.5) is 17.6 Å². The zero-order chi connectivity index (χ0) is 19.7. The Morgan fingerprint density at radius 3 is 2.52 bits per heavy atom. The third-order valence-electron chi connectivity index (χ3n) is 3.94. The van der Waals surface area contributed by atoms with Gasteiger partial charge in [-0.1, -0.05) is 12.1 Å². The fourth-order valence-electron chi connectivity index (χ4n) is 2.77. The molecule has 8 heteroatoms. The molecule has 1 aromatic heterocycles. The quantitative estimate of drug-likeness (QED) is 0.394. The summed E-state index contributed by atoms with van der Waals surface area (Å²) in [6.07, 6.45) is 0.994. The number of pyridine rings is 1. The molecule has 0 spiro atoms. The summed E-state index contributed by atoms with van der Waals surface area (Å²) in [7, 11) is 0. The molecule has 2 aromatic carbocycles. The number of benzene rings is 2. The maximum Gasteiger partial charge on any atom is 0.343 e. The first-order valence-electron chi connectivity index (χ1n) is 7.95. The average molecular weight is 379 g/mol. The van der Waals surface area contributed by atoms with Crippen molar-refractivity contribution in [1.29, 1.82) is 0 Å².